The summed E-state index contributed by atoms with van der Waals surface area (Å²) in [4.78, 5) is 9.43. The fraction of sp³-hybridized carbons (Fsp3) is 0.0476. The standard InChI is InChI=1S/C42H29N3/c1-26-23-36(29-17-19-40-38(25-29)32-13-8-9-15-39(32)45(40)30-10-4-3-5-11-30)27(2)22-35(26)28-16-18-34-37(24-28)31-12-6-7-14-33(31)41-42(34)44-21-20-43-41/h3-25H,1-2H3. The smallest absolute Gasteiger partial charge is 0.0971 e. The minimum Gasteiger partial charge on any atom is -0.309 e. The van der Waals surface area contributed by atoms with Gasteiger partial charge < -0.3 is 4.57 Å². The number of fused-ring (bicyclic) bond motifs is 9. The molecule has 0 spiro atoms. The maximum Gasteiger partial charge on any atom is 0.0971 e. The molecule has 0 N–H and O–H groups in total. The van der Waals surface area contributed by atoms with Crippen molar-refractivity contribution >= 4 is 54.4 Å². The molecule has 0 aliphatic heterocycles. The number of hydrogen-bond acceptors (Lipinski definition) is 2. The number of benzene rings is 7. The van der Waals surface area contributed by atoms with E-state index in [2.05, 4.69) is 146 Å². The van der Waals surface area contributed by atoms with Gasteiger partial charge in [-0.3, -0.25) is 9.97 Å². The van der Waals surface area contributed by atoms with Crippen LogP contribution in [0.5, 0.6) is 0 Å². The summed E-state index contributed by atoms with van der Waals surface area (Å²) in [7, 11) is 0. The first-order valence-corrected chi connectivity index (χ1v) is 15.4. The number of aryl methyl sites for hydroxylation is 2. The monoisotopic (exact) mass is 575 g/mol. The molecule has 0 aliphatic carbocycles. The van der Waals surface area contributed by atoms with Gasteiger partial charge in [-0.2, -0.15) is 0 Å². The minimum atomic E-state index is 0.949. The van der Waals surface area contributed by atoms with E-state index in [-0.39, 0.29) is 0 Å². The second-order valence-corrected chi connectivity index (χ2v) is 12.0. The zero-order chi connectivity index (χ0) is 30.1. The van der Waals surface area contributed by atoms with E-state index in [4.69, 9.17) is 9.97 Å². The number of hydrogen-bond donors (Lipinski definition) is 0. The van der Waals surface area contributed by atoms with Gasteiger partial charge in [0.05, 0.1) is 22.1 Å². The molecule has 3 nitrogen and oxygen atoms in total. The topological polar surface area (TPSA) is 30.7 Å². The van der Waals surface area contributed by atoms with Crippen LogP contribution in [0.2, 0.25) is 0 Å². The summed E-state index contributed by atoms with van der Waals surface area (Å²) >= 11 is 0. The van der Waals surface area contributed by atoms with Gasteiger partial charge in [0.15, 0.2) is 0 Å². The predicted molar refractivity (Wildman–Crippen MR) is 189 cm³/mol. The minimum absolute atomic E-state index is 0.949. The van der Waals surface area contributed by atoms with Crippen LogP contribution in [0.3, 0.4) is 0 Å². The van der Waals surface area contributed by atoms with Crippen molar-refractivity contribution in [3.05, 3.63) is 151 Å². The lowest BCUT2D eigenvalue weighted by Crippen LogP contribution is -1.93. The van der Waals surface area contributed by atoms with Crippen molar-refractivity contribution in [3.8, 4) is 27.9 Å². The highest BCUT2D eigenvalue weighted by Crippen LogP contribution is 2.39. The van der Waals surface area contributed by atoms with Gasteiger partial charge in [-0.05, 0) is 94.4 Å². The molecule has 45 heavy (non-hydrogen) atoms. The van der Waals surface area contributed by atoms with E-state index >= 15 is 0 Å². The van der Waals surface area contributed by atoms with Crippen molar-refractivity contribution in [2.24, 2.45) is 0 Å². The Balaban J connectivity index is 1.20. The molecular weight excluding hydrogens is 546 g/mol. The zero-order valence-electron chi connectivity index (χ0n) is 25.1. The molecule has 9 aromatic rings. The van der Waals surface area contributed by atoms with Crippen LogP contribution in [-0.4, -0.2) is 14.5 Å². The maximum atomic E-state index is 4.73. The third-order valence-corrected chi connectivity index (χ3v) is 9.33. The van der Waals surface area contributed by atoms with Crippen molar-refractivity contribution in [1.29, 1.82) is 0 Å². The number of para-hydroxylation sites is 2. The van der Waals surface area contributed by atoms with E-state index in [9.17, 15) is 0 Å². The Morgan fingerprint density at radius 1 is 0.422 bits per heavy atom. The predicted octanol–water partition coefficient (Wildman–Crippen LogP) is 11.0. The van der Waals surface area contributed by atoms with E-state index in [1.807, 2.05) is 0 Å². The summed E-state index contributed by atoms with van der Waals surface area (Å²) in [5, 5.41) is 7.22. The lowest BCUT2D eigenvalue weighted by atomic mass is 9.90. The molecule has 0 radical (unpaired) electrons. The highest BCUT2D eigenvalue weighted by molar-refractivity contribution is 6.23. The molecular formula is C42H29N3. The molecule has 0 bridgehead atoms. The average Bonchev–Trinajstić information content (AvgIpc) is 3.43. The first-order chi connectivity index (χ1) is 22.2. The van der Waals surface area contributed by atoms with Gasteiger partial charge in [0.2, 0.25) is 0 Å². The van der Waals surface area contributed by atoms with Crippen molar-refractivity contribution in [1.82, 2.24) is 14.5 Å². The van der Waals surface area contributed by atoms with Crippen LogP contribution >= 0.6 is 0 Å². The third kappa shape index (κ3) is 3.91. The van der Waals surface area contributed by atoms with E-state index in [0.717, 1.165) is 21.8 Å². The van der Waals surface area contributed by atoms with Crippen molar-refractivity contribution in [3.63, 3.8) is 0 Å². The lowest BCUT2D eigenvalue weighted by molar-refractivity contribution is 1.18. The van der Waals surface area contributed by atoms with Gasteiger partial charge in [-0.1, -0.05) is 91.0 Å². The summed E-state index contributed by atoms with van der Waals surface area (Å²) < 4.78 is 2.37. The zero-order valence-corrected chi connectivity index (χ0v) is 25.1. The highest BCUT2D eigenvalue weighted by Gasteiger charge is 2.16. The van der Waals surface area contributed by atoms with Crippen LogP contribution in [0.25, 0.3) is 82.3 Å². The summed E-state index contributed by atoms with van der Waals surface area (Å²) in [6, 6.07) is 46.3. The van der Waals surface area contributed by atoms with Crippen LogP contribution in [-0.2, 0) is 0 Å². The van der Waals surface area contributed by atoms with Crippen molar-refractivity contribution in [2.75, 3.05) is 0 Å². The molecule has 9 rings (SSSR count). The molecule has 2 aromatic heterocycles. The molecule has 0 amide bonds. The normalized spacial score (nSPS) is 11.8. The second kappa shape index (κ2) is 9.87. The Morgan fingerprint density at radius 3 is 1.67 bits per heavy atom. The molecule has 0 fully saturated rings. The Hall–Kier alpha value is -5.80. The van der Waals surface area contributed by atoms with E-state index < -0.39 is 0 Å². The van der Waals surface area contributed by atoms with Gasteiger partial charge in [-0.15, -0.1) is 0 Å². The van der Waals surface area contributed by atoms with E-state index in [1.54, 1.807) is 12.4 Å². The van der Waals surface area contributed by atoms with E-state index in [1.165, 1.54) is 71.6 Å². The second-order valence-electron chi connectivity index (χ2n) is 12.0. The summed E-state index contributed by atoms with van der Waals surface area (Å²) in [5.41, 5.74) is 13.0. The molecule has 2 heterocycles. The van der Waals surface area contributed by atoms with Crippen molar-refractivity contribution < 1.29 is 0 Å². The maximum absolute atomic E-state index is 4.73. The molecule has 0 atom stereocenters. The van der Waals surface area contributed by atoms with Gasteiger partial charge >= 0.3 is 0 Å². The largest absolute Gasteiger partial charge is 0.309 e. The molecule has 7 aromatic carbocycles. The number of aromatic nitrogens is 3. The van der Waals surface area contributed by atoms with Crippen LogP contribution in [0.4, 0.5) is 0 Å². The fourth-order valence-electron chi connectivity index (χ4n) is 7.23. The molecule has 0 unspecified atom stereocenters. The summed E-state index contributed by atoms with van der Waals surface area (Å²) in [6.45, 7) is 4.46. The Morgan fingerprint density at radius 2 is 0.956 bits per heavy atom. The van der Waals surface area contributed by atoms with E-state index in [0.29, 0.717) is 0 Å². The van der Waals surface area contributed by atoms with Gasteiger partial charge in [0, 0.05) is 39.6 Å². The molecule has 3 heteroatoms. The SMILES string of the molecule is Cc1cc(-c2ccc3c(c2)c2ccccc2n3-c2ccccc2)c(C)cc1-c1ccc2c(c1)c1ccccc1c1nccnc21. The Bertz CT molecular complexity index is 2580. The first kappa shape index (κ1) is 25.7. The number of nitrogens with zero attached hydrogens (tertiary/aromatic N) is 3. The van der Waals surface area contributed by atoms with Crippen LogP contribution in [0, 0.1) is 13.8 Å². The Labute approximate surface area is 261 Å². The quantitative estimate of drug-likeness (QED) is 0.196. The fourth-order valence-corrected chi connectivity index (χ4v) is 7.23. The van der Waals surface area contributed by atoms with Crippen LogP contribution in [0.15, 0.2) is 140 Å². The highest BCUT2D eigenvalue weighted by atomic mass is 15.0. The van der Waals surface area contributed by atoms with Gasteiger partial charge in [0.1, 0.15) is 0 Å². The third-order valence-electron chi connectivity index (χ3n) is 9.33. The Kier molecular flexibility index (Phi) is 5.63. The number of rotatable bonds is 3. The summed E-state index contributed by atoms with van der Waals surface area (Å²) in [5.74, 6) is 0. The molecule has 0 saturated heterocycles. The lowest BCUT2D eigenvalue weighted by Gasteiger charge is -2.15. The molecule has 0 saturated carbocycles. The summed E-state index contributed by atoms with van der Waals surface area (Å²) in [6.07, 6.45) is 3.56. The van der Waals surface area contributed by atoms with Gasteiger partial charge in [-0.25, -0.2) is 0 Å². The first-order valence-electron chi connectivity index (χ1n) is 15.4. The molecule has 212 valence electrons. The van der Waals surface area contributed by atoms with Crippen LogP contribution in [0.1, 0.15) is 11.1 Å². The average molecular weight is 576 g/mol. The van der Waals surface area contributed by atoms with Gasteiger partial charge in [0.25, 0.3) is 0 Å². The van der Waals surface area contributed by atoms with Crippen molar-refractivity contribution in [2.45, 2.75) is 13.8 Å². The molecule has 0 aliphatic rings. The van der Waals surface area contributed by atoms with Crippen LogP contribution < -0.4 is 0 Å².